The Morgan fingerprint density at radius 2 is 1.56 bits per heavy atom. The fraction of sp³-hybridized carbons (Fsp3) is 0.0714. The molecule has 0 bridgehead atoms. The van der Waals surface area contributed by atoms with Gasteiger partial charge in [-0.25, -0.2) is 16.8 Å². The van der Waals surface area contributed by atoms with Gasteiger partial charge in [0.1, 0.15) is 0 Å². The smallest absolute Gasteiger partial charge is 0.255 e. The highest BCUT2D eigenvalue weighted by molar-refractivity contribution is 7.90. The van der Waals surface area contributed by atoms with Crippen LogP contribution in [0.1, 0.15) is 10.4 Å². The number of amides is 1. The van der Waals surface area contributed by atoms with E-state index < -0.39 is 37.9 Å². The lowest BCUT2D eigenvalue weighted by Crippen LogP contribution is -2.13. The van der Waals surface area contributed by atoms with Gasteiger partial charge in [0.25, 0.3) is 5.91 Å². The van der Waals surface area contributed by atoms with E-state index in [0.717, 1.165) is 12.3 Å². The maximum Gasteiger partial charge on any atom is 0.255 e. The van der Waals surface area contributed by atoms with Crippen molar-refractivity contribution in [3.8, 4) is 0 Å². The van der Waals surface area contributed by atoms with Crippen molar-refractivity contribution in [3.63, 3.8) is 0 Å². The maximum absolute atomic E-state index is 12.3. The Bertz CT molecular complexity index is 953. The minimum atomic E-state index is -3.49. The van der Waals surface area contributed by atoms with E-state index in [9.17, 15) is 21.6 Å². The molecule has 0 saturated carbocycles. The lowest BCUT2D eigenvalue weighted by molar-refractivity contribution is 0.102. The summed E-state index contributed by atoms with van der Waals surface area (Å²) < 4.78 is 63.8. The topological polar surface area (TPSA) is 138 Å². The second kappa shape index (κ2) is 7.54. The van der Waals surface area contributed by atoms with Crippen molar-refractivity contribution >= 4 is 43.6 Å². The monoisotopic (exact) mass is 403 g/mol. The summed E-state index contributed by atoms with van der Waals surface area (Å²) in [4.78, 5) is 11.9. The standard InChI is InChI=1S/C14H13NO7S3/c1-25(21,22)13-4-2-3-9(5-13)14(16)15-10-6-11(23(17)18)8-12(7-10)24(19)20/h2-8H,1H3,(H,15,16)(H,17,18)(H,19,20). The van der Waals surface area contributed by atoms with Crippen LogP contribution >= 0.6 is 0 Å². The summed E-state index contributed by atoms with van der Waals surface area (Å²) >= 11 is -4.83. The Labute approximate surface area is 148 Å². The van der Waals surface area contributed by atoms with Crippen LogP contribution in [0.15, 0.2) is 57.2 Å². The summed E-state index contributed by atoms with van der Waals surface area (Å²) in [5.41, 5.74) is 0.0668. The first-order chi connectivity index (χ1) is 11.6. The highest BCUT2D eigenvalue weighted by Gasteiger charge is 2.14. The molecule has 2 aromatic carbocycles. The third-order valence-corrected chi connectivity index (χ3v) is 5.45. The van der Waals surface area contributed by atoms with Crippen LogP contribution in [0.25, 0.3) is 0 Å². The minimum absolute atomic E-state index is 0.0204. The van der Waals surface area contributed by atoms with Crippen molar-refractivity contribution in [2.45, 2.75) is 14.7 Å². The Balaban J connectivity index is 2.38. The molecule has 2 rings (SSSR count). The molecule has 1 amide bonds. The predicted octanol–water partition coefficient (Wildman–Crippen LogP) is 1.50. The molecule has 8 nitrogen and oxygen atoms in total. The van der Waals surface area contributed by atoms with Crippen LogP contribution in [-0.4, -0.2) is 38.1 Å². The van der Waals surface area contributed by atoms with Crippen LogP contribution in [-0.2, 0) is 32.0 Å². The van der Waals surface area contributed by atoms with Crippen molar-refractivity contribution in [2.24, 2.45) is 0 Å². The molecule has 2 aromatic rings. The quantitative estimate of drug-likeness (QED) is 0.643. The van der Waals surface area contributed by atoms with Crippen LogP contribution in [0.5, 0.6) is 0 Å². The molecule has 0 heterocycles. The summed E-state index contributed by atoms with van der Waals surface area (Å²) in [7, 11) is -3.49. The van der Waals surface area contributed by atoms with Crippen molar-refractivity contribution in [1.29, 1.82) is 0 Å². The molecule has 2 atom stereocenters. The van der Waals surface area contributed by atoms with Gasteiger partial charge in [-0.3, -0.25) is 4.79 Å². The van der Waals surface area contributed by atoms with Gasteiger partial charge >= 0.3 is 0 Å². The zero-order valence-electron chi connectivity index (χ0n) is 12.7. The molecule has 0 radical (unpaired) electrons. The van der Waals surface area contributed by atoms with Gasteiger partial charge in [0, 0.05) is 17.5 Å². The summed E-state index contributed by atoms with van der Waals surface area (Å²) in [6, 6.07) is 8.72. The molecule has 0 aliphatic heterocycles. The molecule has 25 heavy (non-hydrogen) atoms. The van der Waals surface area contributed by atoms with E-state index in [1.54, 1.807) is 0 Å². The van der Waals surface area contributed by atoms with Crippen LogP contribution in [0.3, 0.4) is 0 Å². The molecule has 3 N–H and O–H groups in total. The van der Waals surface area contributed by atoms with Gasteiger partial charge in [-0.2, -0.15) is 0 Å². The third kappa shape index (κ3) is 5.03. The van der Waals surface area contributed by atoms with Gasteiger partial charge in [-0.05, 0) is 36.4 Å². The normalized spacial score (nSPS) is 13.9. The number of carbonyl (C=O) groups excluding carboxylic acids is 1. The van der Waals surface area contributed by atoms with Crippen LogP contribution in [0.4, 0.5) is 5.69 Å². The average Bonchev–Trinajstić information content (AvgIpc) is 2.53. The third-order valence-electron chi connectivity index (χ3n) is 3.07. The van der Waals surface area contributed by atoms with E-state index >= 15 is 0 Å². The van der Waals surface area contributed by atoms with Crippen molar-refractivity contribution in [2.75, 3.05) is 11.6 Å². The number of sulfone groups is 1. The Morgan fingerprint density at radius 1 is 1.00 bits per heavy atom. The van der Waals surface area contributed by atoms with Crippen molar-refractivity contribution in [3.05, 3.63) is 48.0 Å². The number of carbonyl (C=O) groups is 1. The van der Waals surface area contributed by atoms with E-state index in [1.165, 1.54) is 36.4 Å². The number of rotatable bonds is 5. The summed E-state index contributed by atoms with van der Waals surface area (Å²) in [5.74, 6) is -0.680. The average molecular weight is 403 g/mol. The largest absolute Gasteiger partial charge is 0.322 e. The molecule has 0 fully saturated rings. The molecular formula is C14H13NO7S3. The van der Waals surface area contributed by atoms with Crippen LogP contribution < -0.4 is 5.32 Å². The highest BCUT2D eigenvalue weighted by Crippen LogP contribution is 2.21. The second-order valence-electron chi connectivity index (χ2n) is 4.95. The van der Waals surface area contributed by atoms with E-state index in [-0.39, 0.29) is 25.9 Å². The van der Waals surface area contributed by atoms with Crippen molar-refractivity contribution < 1.29 is 30.7 Å². The Hall–Kier alpha value is -1.92. The number of nitrogens with one attached hydrogen (secondary N) is 1. The molecule has 2 unspecified atom stereocenters. The number of hydrogen-bond acceptors (Lipinski definition) is 5. The zero-order valence-corrected chi connectivity index (χ0v) is 15.2. The maximum atomic E-state index is 12.3. The fourth-order valence-corrected chi connectivity index (χ4v) is 3.57. The van der Waals surface area contributed by atoms with Gasteiger partial charge in [-0.1, -0.05) is 6.07 Å². The Kier molecular flexibility index (Phi) is 5.85. The summed E-state index contributed by atoms with van der Waals surface area (Å²) in [5, 5.41) is 2.40. The predicted molar refractivity (Wildman–Crippen MR) is 92.0 cm³/mol. The first-order valence-corrected chi connectivity index (χ1v) is 10.7. The van der Waals surface area contributed by atoms with Gasteiger partial charge < -0.3 is 14.4 Å². The van der Waals surface area contributed by atoms with E-state index in [4.69, 9.17) is 9.11 Å². The molecular weight excluding hydrogens is 390 g/mol. The lowest BCUT2D eigenvalue weighted by Gasteiger charge is -2.09. The SMILES string of the molecule is CS(=O)(=O)c1cccc(C(=O)Nc2cc(S(=O)O)cc(S(=O)O)c2)c1. The highest BCUT2D eigenvalue weighted by atomic mass is 32.2. The minimum Gasteiger partial charge on any atom is -0.322 e. The molecule has 0 saturated heterocycles. The van der Waals surface area contributed by atoms with Gasteiger partial charge in [0.2, 0.25) is 0 Å². The summed E-state index contributed by atoms with van der Waals surface area (Å²) in [6.07, 6.45) is 1.01. The van der Waals surface area contributed by atoms with E-state index in [1.807, 2.05) is 0 Å². The zero-order chi connectivity index (χ0) is 18.8. The molecule has 134 valence electrons. The first-order valence-electron chi connectivity index (χ1n) is 6.56. The first kappa shape index (κ1) is 19.4. The number of anilines is 1. The Morgan fingerprint density at radius 3 is 2.04 bits per heavy atom. The fourth-order valence-electron chi connectivity index (χ4n) is 1.92. The van der Waals surface area contributed by atoms with Crippen LogP contribution in [0, 0.1) is 0 Å². The molecule has 0 aliphatic rings. The molecule has 11 heteroatoms. The lowest BCUT2D eigenvalue weighted by atomic mass is 10.2. The molecule has 0 aromatic heterocycles. The van der Waals surface area contributed by atoms with E-state index in [2.05, 4.69) is 5.32 Å². The molecule has 0 spiro atoms. The molecule has 0 aliphatic carbocycles. The number of hydrogen-bond donors (Lipinski definition) is 3. The van der Waals surface area contributed by atoms with Gasteiger partial charge in [0.05, 0.1) is 14.7 Å². The second-order valence-corrected chi connectivity index (χ2v) is 8.90. The number of benzene rings is 2. The van der Waals surface area contributed by atoms with E-state index in [0.29, 0.717) is 0 Å². The van der Waals surface area contributed by atoms with Crippen LogP contribution in [0.2, 0.25) is 0 Å². The summed E-state index contributed by atoms with van der Waals surface area (Å²) in [6.45, 7) is 0. The van der Waals surface area contributed by atoms with Crippen molar-refractivity contribution in [1.82, 2.24) is 0 Å². The van der Waals surface area contributed by atoms with Gasteiger partial charge in [-0.15, -0.1) is 0 Å². The van der Waals surface area contributed by atoms with Gasteiger partial charge in [0.15, 0.2) is 32.0 Å².